The van der Waals surface area contributed by atoms with Crippen molar-refractivity contribution in [3.63, 3.8) is 0 Å². The van der Waals surface area contributed by atoms with Crippen LogP contribution in [-0.4, -0.2) is 142 Å². The van der Waals surface area contributed by atoms with Crippen LogP contribution in [0.1, 0.15) is 181 Å². The predicted octanol–water partition coefficient (Wildman–Crippen LogP) is 6.93. The highest BCUT2D eigenvalue weighted by molar-refractivity contribution is 5.70. The minimum absolute atomic E-state index is 0.0587. The minimum Gasteiger partial charge on any atom is -0.462 e. The van der Waals surface area contributed by atoms with Crippen molar-refractivity contribution in [2.45, 2.75) is 248 Å². The monoisotopic (exact) mass is 943 g/mol. The van der Waals surface area contributed by atoms with Crippen LogP contribution in [0.4, 0.5) is 0 Å². The molecule has 7 N–H and O–H groups in total. The maximum absolute atomic E-state index is 12.9. The van der Waals surface area contributed by atoms with E-state index < -0.39 is 99.3 Å². The molecule has 0 aliphatic carbocycles. The van der Waals surface area contributed by atoms with Crippen LogP contribution < -0.4 is 0 Å². The Balaban J connectivity index is 1.83. The topological polar surface area (TPSA) is 231 Å². The maximum atomic E-state index is 12.9. The van der Waals surface area contributed by atoms with E-state index >= 15 is 0 Å². The van der Waals surface area contributed by atoms with E-state index in [2.05, 4.69) is 38.2 Å². The molecule has 0 aromatic carbocycles. The van der Waals surface area contributed by atoms with Crippen LogP contribution in [0.3, 0.4) is 0 Å². The molecule has 0 saturated carbocycles. The molecule has 0 spiro atoms. The van der Waals surface area contributed by atoms with Crippen LogP contribution in [0.25, 0.3) is 0 Å². The normalized spacial score (nSPS) is 26.4. The summed E-state index contributed by atoms with van der Waals surface area (Å²) in [6.45, 7) is 2.51. The van der Waals surface area contributed by atoms with E-state index in [-0.39, 0.29) is 19.4 Å². The lowest BCUT2D eigenvalue weighted by atomic mass is 9.98. The molecule has 2 heterocycles. The van der Waals surface area contributed by atoms with E-state index in [4.69, 9.17) is 28.4 Å². The Morgan fingerprint density at radius 1 is 0.485 bits per heavy atom. The van der Waals surface area contributed by atoms with Gasteiger partial charge in [-0.05, 0) is 57.8 Å². The second-order valence-corrected chi connectivity index (χ2v) is 18.0. The molecule has 0 amide bonds. The molecular weight excluding hydrogens is 853 g/mol. The van der Waals surface area contributed by atoms with Crippen molar-refractivity contribution in [2.75, 3.05) is 26.4 Å². The molecule has 15 nitrogen and oxygen atoms in total. The van der Waals surface area contributed by atoms with Crippen LogP contribution in [-0.2, 0) is 38.0 Å². The number of ether oxygens (including phenoxy) is 6. The highest BCUT2D eigenvalue weighted by Gasteiger charge is 2.47. The first-order valence-electron chi connectivity index (χ1n) is 25.6. The lowest BCUT2D eigenvalue weighted by molar-refractivity contribution is -0.332. The molecule has 384 valence electrons. The number of allylic oxidation sites excluding steroid dienone is 6. The lowest BCUT2D eigenvalue weighted by Gasteiger charge is -2.42. The Kier molecular flexibility index (Phi) is 35.0. The van der Waals surface area contributed by atoms with Gasteiger partial charge in [0, 0.05) is 12.8 Å². The first kappa shape index (κ1) is 59.8. The van der Waals surface area contributed by atoms with Crippen LogP contribution in [0.5, 0.6) is 0 Å². The van der Waals surface area contributed by atoms with Crippen LogP contribution in [0.15, 0.2) is 36.5 Å². The van der Waals surface area contributed by atoms with Crippen molar-refractivity contribution in [3.05, 3.63) is 36.5 Å². The zero-order chi connectivity index (χ0) is 48.2. The third-order valence-corrected chi connectivity index (χ3v) is 12.1. The molecule has 5 unspecified atom stereocenters. The van der Waals surface area contributed by atoms with Crippen molar-refractivity contribution in [1.82, 2.24) is 0 Å². The summed E-state index contributed by atoms with van der Waals surface area (Å²) >= 11 is 0. The first-order valence-corrected chi connectivity index (χ1v) is 25.6. The van der Waals surface area contributed by atoms with Crippen molar-refractivity contribution in [2.24, 2.45) is 0 Å². The van der Waals surface area contributed by atoms with Crippen molar-refractivity contribution < 1.29 is 73.8 Å². The zero-order valence-corrected chi connectivity index (χ0v) is 40.4. The smallest absolute Gasteiger partial charge is 0.306 e. The zero-order valence-electron chi connectivity index (χ0n) is 40.4. The van der Waals surface area contributed by atoms with Gasteiger partial charge < -0.3 is 64.2 Å². The number of esters is 2. The Morgan fingerprint density at radius 2 is 0.939 bits per heavy atom. The standard InChI is InChI=1S/C51H90O15/c1-3-5-7-9-11-13-15-17-18-19-20-22-23-25-27-29-31-33-42(53)61-36-39(64-43(54)34-32-30-28-26-24-21-16-14-12-10-8-6-4-2)37-62-50-49(60)47(58)45(56)41(66-50)38-63-51-48(59)46(57)44(55)40(35-52)65-51/h17-18,21,24,28,30,39-41,44-52,55-60H,3-16,19-20,22-23,25-27,29,31-38H2,1-2H3/b18-17+,24-21+,30-28+/t39?,40-,41-,44+,45+,46?,47?,48?,49?,50-,51-/m1/s1. The van der Waals surface area contributed by atoms with Gasteiger partial charge in [0.1, 0.15) is 55.4 Å². The third-order valence-electron chi connectivity index (χ3n) is 12.1. The highest BCUT2D eigenvalue weighted by atomic mass is 16.7. The number of unbranched alkanes of at least 4 members (excludes halogenated alkanes) is 19. The van der Waals surface area contributed by atoms with Crippen LogP contribution in [0.2, 0.25) is 0 Å². The molecule has 0 bridgehead atoms. The van der Waals surface area contributed by atoms with Gasteiger partial charge in [-0.25, -0.2) is 0 Å². The van der Waals surface area contributed by atoms with Gasteiger partial charge in [0.15, 0.2) is 18.7 Å². The van der Waals surface area contributed by atoms with E-state index in [1.165, 1.54) is 96.3 Å². The summed E-state index contributed by atoms with van der Waals surface area (Å²) in [5, 5.41) is 72.0. The summed E-state index contributed by atoms with van der Waals surface area (Å²) in [5.74, 6) is -1.01. The minimum atomic E-state index is -1.77. The van der Waals surface area contributed by atoms with Gasteiger partial charge in [-0.1, -0.05) is 147 Å². The molecule has 2 aliphatic rings. The van der Waals surface area contributed by atoms with E-state index in [9.17, 15) is 45.3 Å². The van der Waals surface area contributed by atoms with E-state index in [1.54, 1.807) is 0 Å². The van der Waals surface area contributed by atoms with E-state index in [0.717, 1.165) is 44.9 Å². The average Bonchev–Trinajstić information content (AvgIpc) is 3.31. The molecule has 2 saturated heterocycles. The lowest BCUT2D eigenvalue weighted by Crippen LogP contribution is -2.61. The number of carbonyl (C=O) groups is 2. The molecule has 0 aromatic heterocycles. The van der Waals surface area contributed by atoms with Gasteiger partial charge in [0.2, 0.25) is 0 Å². The van der Waals surface area contributed by atoms with E-state index in [0.29, 0.717) is 12.8 Å². The van der Waals surface area contributed by atoms with Crippen LogP contribution in [0, 0.1) is 0 Å². The Hall–Kier alpha value is -2.28. The molecule has 0 aromatic rings. The summed E-state index contributed by atoms with van der Waals surface area (Å²) in [5.41, 5.74) is 0. The van der Waals surface area contributed by atoms with Crippen molar-refractivity contribution >= 4 is 11.9 Å². The molecule has 2 fully saturated rings. The Morgan fingerprint density at radius 3 is 1.48 bits per heavy atom. The van der Waals surface area contributed by atoms with Crippen molar-refractivity contribution in [1.29, 1.82) is 0 Å². The number of carbonyl (C=O) groups excluding carboxylic acids is 2. The largest absolute Gasteiger partial charge is 0.462 e. The summed E-state index contributed by atoms with van der Waals surface area (Å²) in [7, 11) is 0. The molecule has 11 atom stereocenters. The fraction of sp³-hybridized carbons (Fsp3) is 0.843. The number of hydrogen-bond donors (Lipinski definition) is 7. The quantitative estimate of drug-likeness (QED) is 0.0188. The summed E-state index contributed by atoms with van der Waals surface area (Å²) in [6.07, 6.45) is 23.3. The first-order chi connectivity index (χ1) is 32.0. The van der Waals surface area contributed by atoms with Gasteiger partial charge in [-0.2, -0.15) is 0 Å². The molecule has 2 rings (SSSR count). The fourth-order valence-electron chi connectivity index (χ4n) is 7.85. The Bertz CT molecular complexity index is 1290. The summed E-state index contributed by atoms with van der Waals surface area (Å²) < 4.78 is 33.5. The van der Waals surface area contributed by atoms with Gasteiger partial charge in [0.05, 0.1) is 19.8 Å². The second kappa shape index (κ2) is 38.6. The van der Waals surface area contributed by atoms with Crippen LogP contribution >= 0.6 is 0 Å². The second-order valence-electron chi connectivity index (χ2n) is 18.0. The molecule has 15 heteroatoms. The Labute approximate surface area is 395 Å². The van der Waals surface area contributed by atoms with Gasteiger partial charge in [0.25, 0.3) is 0 Å². The number of aliphatic hydroxyl groups is 7. The fourth-order valence-corrected chi connectivity index (χ4v) is 7.85. The SMILES string of the molecule is CCCCCCCC/C=C/C/C=C/CCC(=O)OC(COC(=O)CCCCCCCCC/C=C/CCCCCCCC)CO[C@@H]1O[C@H](CO[C@@H]2O[C@H](CO)[C@H](O)C(O)C2O)[C@H](O)C(O)C1O. The molecular formula is C51H90O15. The maximum Gasteiger partial charge on any atom is 0.306 e. The molecule has 0 radical (unpaired) electrons. The molecule has 66 heavy (non-hydrogen) atoms. The van der Waals surface area contributed by atoms with E-state index in [1.807, 2.05) is 12.2 Å². The van der Waals surface area contributed by atoms with Gasteiger partial charge >= 0.3 is 11.9 Å². The number of hydrogen-bond acceptors (Lipinski definition) is 15. The van der Waals surface area contributed by atoms with Gasteiger partial charge in [-0.15, -0.1) is 0 Å². The third kappa shape index (κ3) is 26.5. The number of rotatable bonds is 39. The average molecular weight is 943 g/mol. The van der Waals surface area contributed by atoms with Crippen molar-refractivity contribution in [3.8, 4) is 0 Å². The summed E-state index contributed by atoms with van der Waals surface area (Å²) in [4.78, 5) is 25.7. The predicted molar refractivity (Wildman–Crippen MR) is 252 cm³/mol. The molecule has 2 aliphatic heterocycles. The summed E-state index contributed by atoms with van der Waals surface area (Å²) in [6, 6.07) is 0. The van der Waals surface area contributed by atoms with Gasteiger partial charge in [-0.3, -0.25) is 9.59 Å². The number of aliphatic hydroxyl groups excluding tert-OH is 7. The highest BCUT2D eigenvalue weighted by Crippen LogP contribution is 2.26.